The van der Waals surface area contributed by atoms with Gasteiger partial charge in [-0.25, -0.2) is 9.69 Å². The average Bonchev–Trinajstić information content (AvgIpc) is 2.64. The summed E-state index contributed by atoms with van der Waals surface area (Å²) >= 11 is 0. The molecule has 0 bridgehead atoms. The van der Waals surface area contributed by atoms with Gasteiger partial charge in [0.05, 0.1) is 12.6 Å². The first kappa shape index (κ1) is 10.5. The molecular weight excluding hydrogens is 202 g/mol. The van der Waals surface area contributed by atoms with Crippen LogP contribution < -0.4 is 5.32 Å². The summed E-state index contributed by atoms with van der Waals surface area (Å²) < 4.78 is 0. The summed E-state index contributed by atoms with van der Waals surface area (Å²) in [6.45, 7) is 4.50. The van der Waals surface area contributed by atoms with Crippen LogP contribution >= 0.6 is 0 Å². The van der Waals surface area contributed by atoms with Gasteiger partial charge in [-0.05, 0) is 30.5 Å². The molecule has 1 atom stereocenters. The molecule has 2 amide bonds. The minimum Gasteiger partial charge on any atom is -0.328 e. The molecule has 16 heavy (non-hydrogen) atoms. The molecule has 1 aliphatic rings. The first-order valence-corrected chi connectivity index (χ1v) is 5.16. The van der Waals surface area contributed by atoms with E-state index in [9.17, 15) is 4.79 Å². The third kappa shape index (κ3) is 1.72. The summed E-state index contributed by atoms with van der Waals surface area (Å²) in [5.41, 5.74) is 3.47. The molecule has 1 unspecified atom stereocenters. The monoisotopic (exact) mass is 215 g/mol. The number of nitrogens with one attached hydrogen (secondary N) is 1. The van der Waals surface area contributed by atoms with Crippen molar-refractivity contribution in [2.75, 3.05) is 6.54 Å². The molecule has 1 N–H and O–H groups in total. The highest BCUT2D eigenvalue weighted by Crippen LogP contribution is 2.21. The molecule has 0 aliphatic carbocycles. The van der Waals surface area contributed by atoms with Crippen molar-refractivity contribution in [3.8, 4) is 6.19 Å². The lowest BCUT2D eigenvalue weighted by Crippen LogP contribution is -2.23. The van der Waals surface area contributed by atoms with Crippen LogP contribution in [0.2, 0.25) is 0 Å². The predicted octanol–water partition coefficient (Wildman–Crippen LogP) is 1.85. The van der Waals surface area contributed by atoms with E-state index in [-0.39, 0.29) is 12.1 Å². The van der Waals surface area contributed by atoms with E-state index in [0.29, 0.717) is 6.54 Å². The largest absolute Gasteiger partial charge is 0.331 e. The van der Waals surface area contributed by atoms with Crippen molar-refractivity contribution in [3.63, 3.8) is 0 Å². The van der Waals surface area contributed by atoms with E-state index in [1.54, 1.807) is 0 Å². The Balaban J connectivity index is 2.24. The SMILES string of the molecule is Cc1ccc(C2CN(C#N)C(=O)N2)cc1C. The maximum Gasteiger partial charge on any atom is 0.331 e. The van der Waals surface area contributed by atoms with Crippen LogP contribution in [-0.2, 0) is 0 Å². The molecule has 0 radical (unpaired) electrons. The Morgan fingerprint density at radius 2 is 2.19 bits per heavy atom. The molecule has 1 fully saturated rings. The van der Waals surface area contributed by atoms with Crippen molar-refractivity contribution in [3.05, 3.63) is 34.9 Å². The molecule has 1 aliphatic heterocycles. The molecule has 2 rings (SSSR count). The standard InChI is InChI=1S/C12H13N3O/c1-8-3-4-10(5-9(8)2)11-6-15(7-13)12(16)14-11/h3-5,11H,6H2,1-2H3,(H,14,16). The number of rotatable bonds is 1. The Hall–Kier alpha value is -2.02. The summed E-state index contributed by atoms with van der Waals surface area (Å²) in [6.07, 6.45) is 1.86. The fourth-order valence-electron chi connectivity index (χ4n) is 1.79. The van der Waals surface area contributed by atoms with Gasteiger partial charge in [-0.15, -0.1) is 0 Å². The summed E-state index contributed by atoms with van der Waals surface area (Å²) in [5.74, 6) is 0. The minimum atomic E-state index is -0.314. The number of benzene rings is 1. The third-order valence-electron chi connectivity index (χ3n) is 2.96. The second kappa shape index (κ2) is 3.86. The van der Waals surface area contributed by atoms with Gasteiger partial charge in [-0.3, -0.25) is 0 Å². The summed E-state index contributed by atoms with van der Waals surface area (Å²) in [6, 6.07) is 5.69. The van der Waals surface area contributed by atoms with Crippen LogP contribution in [0, 0.1) is 25.3 Å². The fraction of sp³-hybridized carbons (Fsp3) is 0.333. The Morgan fingerprint density at radius 1 is 1.44 bits per heavy atom. The maximum absolute atomic E-state index is 11.3. The van der Waals surface area contributed by atoms with Gasteiger partial charge in [-0.2, -0.15) is 5.26 Å². The Bertz CT molecular complexity index is 476. The molecule has 0 aromatic heterocycles. The zero-order chi connectivity index (χ0) is 11.7. The number of carbonyl (C=O) groups is 1. The van der Waals surface area contributed by atoms with Crippen LogP contribution in [0.1, 0.15) is 22.7 Å². The Kier molecular flexibility index (Phi) is 2.53. The summed E-state index contributed by atoms with van der Waals surface area (Å²) in [4.78, 5) is 12.5. The number of nitriles is 1. The van der Waals surface area contributed by atoms with Crippen LogP contribution in [-0.4, -0.2) is 17.5 Å². The van der Waals surface area contributed by atoms with E-state index in [1.165, 1.54) is 11.1 Å². The topological polar surface area (TPSA) is 56.1 Å². The highest BCUT2D eigenvalue weighted by molar-refractivity contribution is 5.78. The van der Waals surface area contributed by atoms with E-state index in [0.717, 1.165) is 10.5 Å². The summed E-state index contributed by atoms with van der Waals surface area (Å²) in [7, 11) is 0. The lowest BCUT2D eigenvalue weighted by atomic mass is 10.0. The van der Waals surface area contributed by atoms with Crippen molar-refractivity contribution in [1.29, 1.82) is 5.26 Å². The Morgan fingerprint density at radius 3 is 2.75 bits per heavy atom. The molecule has 1 aromatic carbocycles. The molecular formula is C12H13N3O. The second-order valence-electron chi connectivity index (χ2n) is 4.06. The number of hydrogen-bond acceptors (Lipinski definition) is 2. The maximum atomic E-state index is 11.3. The molecule has 4 heteroatoms. The van der Waals surface area contributed by atoms with Crippen LogP contribution in [0.25, 0.3) is 0 Å². The number of carbonyl (C=O) groups excluding carboxylic acids is 1. The minimum absolute atomic E-state index is 0.0774. The van der Waals surface area contributed by atoms with Crippen LogP contribution in [0.5, 0.6) is 0 Å². The smallest absolute Gasteiger partial charge is 0.328 e. The number of hydrogen-bond donors (Lipinski definition) is 1. The molecule has 82 valence electrons. The molecule has 1 heterocycles. The third-order valence-corrected chi connectivity index (χ3v) is 2.96. The fourth-order valence-corrected chi connectivity index (χ4v) is 1.79. The van der Waals surface area contributed by atoms with Crippen molar-refractivity contribution >= 4 is 6.03 Å². The number of aryl methyl sites for hydroxylation is 2. The second-order valence-corrected chi connectivity index (χ2v) is 4.06. The number of amides is 2. The lowest BCUT2D eigenvalue weighted by Gasteiger charge is -2.11. The first-order valence-electron chi connectivity index (χ1n) is 5.16. The van der Waals surface area contributed by atoms with E-state index in [1.807, 2.05) is 32.2 Å². The van der Waals surface area contributed by atoms with Crippen LogP contribution in [0.3, 0.4) is 0 Å². The lowest BCUT2D eigenvalue weighted by molar-refractivity contribution is 0.232. The van der Waals surface area contributed by atoms with E-state index >= 15 is 0 Å². The van der Waals surface area contributed by atoms with Gasteiger partial charge in [0, 0.05) is 0 Å². The summed E-state index contributed by atoms with van der Waals surface area (Å²) in [5, 5.41) is 11.5. The molecule has 0 spiro atoms. The van der Waals surface area contributed by atoms with Gasteiger partial charge in [0.2, 0.25) is 0 Å². The zero-order valence-corrected chi connectivity index (χ0v) is 9.32. The molecule has 1 saturated heterocycles. The average molecular weight is 215 g/mol. The number of nitrogens with zero attached hydrogens (tertiary/aromatic N) is 2. The number of urea groups is 1. The first-order chi connectivity index (χ1) is 7.61. The van der Waals surface area contributed by atoms with Gasteiger partial charge in [0.1, 0.15) is 0 Å². The van der Waals surface area contributed by atoms with Crippen molar-refractivity contribution in [1.82, 2.24) is 10.2 Å². The van der Waals surface area contributed by atoms with Gasteiger partial charge in [0.25, 0.3) is 0 Å². The molecule has 0 saturated carbocycles. The van der Waals surface area contributed by atoms with E-state index in [2.05, 4.69) is 11.4 Å². The van der Waals surface area contributed by atoms with Gasteiger partial charge in [-0.1, -0.05) is 18.2 Å². The van der Waals surface area contributed by atoms with Gasteiger partial charge < -0.3 is 5.32 Å². The molecule has 1 aromatic rings. The van der Waals surface area contributed by atoms with Gasteiger partial charge in [0.15, 0.2) is 6.19 Å². The van der Waals surface area contributed by atoms with E-state index in [4.69, 9.17) is 5.26 Å². The van der Waals surface area contributed by atoms with Crippen molar-refractivity contribution in [2.45, 2.75) is 19.9 Å². The molecule has 4 nitrogen and oxygen atoms in total. The van der Waals surface area contributed by atoms with E-state index < -0.39 is 0 Å². The van der Waals surface area contributed by atoms with Crippen molar-refractivity contribution in [2.24, 2.45) is 0 Å². The van der Waals surface area contributed by atoms with Crippen LogP contribution in [0.15, 0.2) is 18.2 Å². The predicted molar refractivity (Wildman–Crippen MR) is 59.5 cm³/mol. The van der Waals surface area contributed by atoms with Crippen LogP contribution in [0.4, 0.5) is 4.79 Å². The highest BCUT2D eigenvalue weighted by atomic mass is 16.2. The van der Waals surface area contributed by atoms with Gasteiger partial charge >= 0.3 is 6.03 Å². The quantitative estimate of drug-likeness (QED) is 0.727. The normalized spacial score (nSPS) is 19.4. The Labute approximate surface area is 94.5 Å². The highest BCUT2D eigenvalue weighted by Gasteiger charge is 2.29. The zero-order valence-electron chi connectivity index (χ0n) is 9.32. The van der Waals surface area contributed by atoms with Crippen molar-refractivity contribution < 1.29 is 4.79 Å².